The largest absolute Gasteiger partial charge is 0.379 e. The van der Waals surface area contributed by atoms with Crippen molar-refractivity contribution in [2.45, 2.75) is 19.5 Å². The van der Waals surface area contributed by atoms with E-state index < -0.39 is 0 Å². The van der Waals surface area contributed by atoms with Gasteiger partial charge in [0.25, 0.3) is 0 Å². The van der Waals surface area contributed by atoms with Gasteiger partial charge in [-0.25, -0.2) is 0 Å². The molecule has 1 aliphatic rings. The Morgan fingerprint density at radius 3 is 2.82 bits per heavy atom. The van der Waals surface area contributed by atoms with Gasteiger partial charge >= 0.3 is 0 Å². The summed E-state index contributed by atoms with van der Waals surface area (Å²) in [6.07, 6.45) is 3.51. The van der Waals surface area contributed by atoms with E-state index in [1.807, 2.05) is 18.2 Å². The highest BCUT2D eigenvalue weighted by molar-refractivity contribution is 5.83. The average Bonchev–Trinajstić information content (AvgIpc) is 3.05. The van der Waals surface area contributed by atoms with Crippen molar-refractivity contribution in [3.05, 3.63) is 66.1 Å². The smallest absolute Gasteiger partial charge is 0.242 e. The van der Waals surface area contributed by atoms with Gasteiger partial charge in [0.05, 0.1) is 13.2 Å². The summed E-state index contributed by atoms with van der Waals surface area (Å²) in [5, 5.41) is 4.37. The van der Waals surface area contributed by atoms with Crippen LogP contribution in [0.5, 0.6) is 0 Å². The van der Waals surface area contributed by atoms with Crippen molar-refractivity contribution in [1.29, 1.82) is 0 Å². The number of amides is 1. The predicted molar refractivity (Wildman–Crippen MR) is 109 cm³/mol. The van der Waals surface area contributed by atoms with Crippen molar-refractivity contribution in [2.24, 2.45) is 0 Å². The second kappa shape index (κ2) is 8.54. The number of hydrogen-bond acceptors (Lipinski definition) is 4. The Morgan fingerprint density at radius 2 is 2.04 bits per heavy atom. The normalized spacial score (nSPS) is 16.2. The maximum atomic E-state index is 13.1. The molecule has 146 valence electrons. The highest BCUT2D eigenvalue weighted by Gasteiger charge is 2.29. The Kier molecular flexibility index (Phi) is 5.69. The minimum atomic E-state index is -0.333. The molecule has 0 radical (unpaired) electrons. The molecule has 0 aliphatic carbocycles. The van der Waals surface area contributed by atoms with Gasteiger partial charge < -0.3 is 14.6 Å². The fraction of sp³-hybridized carbons (Fsp3) is 0.364. The maximum Gasteiger partial charge on any atom is 0.242 e. The summed E-state index contributed by atoms with van der Waals surface area (Å²) in [6.45, 7) is 6.22. The van der Waals surface area contributed by atoms with Crippen LogP contribution >= 0.6 is 0 Å². The van der Waals surface area contributed by atoms with Crippen LogP contribution in [0.25, 0.3) is 10.9 Å². The van der Waals surface area contributed by atoms with Crippen LogP contribution < -0.4 is 5.32 Å². The second-order valence-corrected chi connectivity index (χ2v) is 7.12. The van der Waals surface area contributed by atoms with E-state index in [4.69, 9.17) is 4.74 Å². The van der Waals surface area contributed by atoms with Crippen LogP contribution in [-0.2, 0) is 16.1 Å². The van der Waals surface area contributed by atoms with Crippen molar-refractivity contribution in [1.82, 2.24) is 19.8 Å². The molecule has 1 saturated heterocycles. The summed E-state index contributed by atoms with van der Waals surface area (Å²) in [6, 6.07) is 14.0. The van der Waals surface area contributed by atoms with Crippen LogP contribution in [0.1, 0.15) is 17.3 Å². The Morgan fingerprint density at radius 1 is 1.21 bits per heavy atom. The minimum Gasteiger partial charge on any atom is -0.379 e. The molecule has 0 bridgehead atoms. The van der Waals surface area contributed by atoms with E-state index in [1.165, 1.54) is 16.6 Å². The molecule has 3 heterocycles. The molecule has 0 saturated carbocycles. The van der Waals surface area contributed by atoms with E-state index in [0.717, 1.165) is 25.2 Å². The van der Waals surface area contributed by atoms with Gasteiger partial charge in [-0.05, 0) is 36.1 Å². The van der Waals surface area contributed by atoms with Gasteiger partial charge in [0.2, 0.25) is 5.91 Å². The molecule has 6 nitrogen and oxygen atoms in total. The molecule has 1 aliphatic heterocycles. The first-order valence-corrected chi connectivity index (χ1v) is 9.78. The molecule has 1 fully saturated rings. The maximum absolute atomic E-state index is 13.1. The molecular formula is C22H26N4O2. The molecular weight excluding hydrogens is 352 g/mol. The molecule has 6 heteroatoms. The minimum absolute atomic E-state index is 0.0176. The lowest BCUT2D eigenvalue weighted by atomic mass is 10.1. The molecule has 0 spiro atoms. The predicted octanol–water partition coefficient (Wildman–Crippen LogP) is 2.53. The highest BCUT2D eigenvalue weighted by atomic mass is 16.5. The van der Waals surface area contributed by atoms with Crippen molar-refractivity contribution < 1.29 is 9.53 Å². The number of aryl methyl sites for hydroxylation is 1. The Balaban J connectivity index is 1.46. The molecule has 1 amide bonds. The van der Waals surface area contributed by atoms with Crippen LogP contribution in [0, 0.1) is 6.92 Å². The first-order chi connectivity index (χ1) is 13.7. The fourth-order valence-corrected chi connectivity index (χ4v) is 3.93. The van der Waals surface area contributed by atoms with E-state index >= 15 is 0 Å². The first kappa shape index (κ1) is 18.7. The van der Waals surface area contributed by atoms with Crippen molar-refractivity contribution in [2.75, 3.05) is 32.8 Å². The highest BCUT2D eigenvalue weighted by Crippen LogP contribution is 2.22. The van der Waals surface area contributed by atoms with Gasteiger partial charge in [-0.2, -0.15) is 0 Å². The number of carbonyl (C=O) groups is 1. The third kappa shape index (κ3) is 3.93. The Hall–Kier alpha value is -2.70. The Bertz CT molecular complexity index is 932. The molecule has 1 N–H and O–H groups in total. The number of nitrogens with zero attached hydrogens (tertiary/aromatic N) is 3. The summed E-state index contributed by atoms with van der Waals surface area (Å²) in [5.74, 6) is 0.0176. The number of nitrogens with one attached hydrogen (secondary N) is 1. The van der Waals surface area contributed by atoms with E-state index in [1.54, 1.807) is 12.4 Å². The molecule has 28 heavy (non-hydrogen) atoms. The second-order valence-electron chi connectivity index (χ2n) is 7.12. The van der Waals surface area contributed by atoms with Crippen molar-refractivity contribution in [3.63, 3.8) is 0 Å². The van der Waals surface area contributed by atoms with Gasteiger partial charge in [0, 0.05) is 49.8 Å². The number of para-hydroxylation sites is 1. The molecule has 3 aromatic rings. The monoisotopic (exact) mass is 378 g/mol. The fourth-order valence-electron chi connectivity index (χ4n) is 3.93. The zero-order valence-corrected chi connectivity index (χ0v) is 16.2. The number of aromatic nitrogens is 2. The molecule has 1 aromatic carbocycles. The van der Waals surface area contributed by atoms with E-state index in [9.17, 15) is 4.79 Å². The quantitative estimate of drug-likeness (QED) is 0.716. The third-order valence-electron chi connectivity index (χ3n) is 5.31. The lowest BCUT2D eigenvalue weighted by molar-refractivity contribution is -0.128. The number of ether oxygens (including phenoxy) is 1. The summed E-state index contributed by atoms with van der Waals surface area (Å²) in [4.78, 5) is 19.5. The third-order valence-corrected chi connectivity index (χ3v) is 5.31. The van der Waals surface area contributed by atoms with Crippen LogP contribution in [0.3, 0.4) is 0 Å². The van der Waals surface area contributed by atoms with E-state index in [0.29, 0.717) is 19.8 Å². The molecule has 0 unspecified atom stereocenters. The lowest BCUT2D eigenvalue weighted by Crippen LogP contribution is -2.46. The molecule has 1 atom stereocenters. The summed E-state index contributed by atoms with van der Waals surface area (Å²) < 4.78 is 7.71. The lowest BCUT2D eigenvalue weighted by Gasteiger charge is -2.33. The van der Waals surface area contributed by atoms with Gasteiger partial charge in [-0.3, -0.25) is 14.7 Å². The van der Waals surface area contributed by atoms with Crippen molar-refractivity contribution >= 4 is 16.8 Å². The molecule has 2 aromatic heterocycles. The van der Waals surface area contributed by atoms with Gasteiger partial charge in [0.15, 0.2) is 0 Å². The van der Waals surface area contributed by atoms with Crippen LogP contribution in [-0.4, -0.2) is 53.2 Å². The summed E-state index contributed by atoms with van der Waals surface area (Å²) in [7, 11) is 0. The van der Waals surface area contributed by atoms with Gasteiger partial charge in [0.1, 0.15) is 6.04 Å². The van der Waals surface area contributed by atoms with E-state index in [-0.39, 0.29) is 11.9 Å². The molecule has 4 rings (SSSR count). The number of carbonyl (C=O) groups excluding carboxylic acids is 1. The van der Waals surface area contributed by atoms with Gasteiger partial charge in [-0.15, -0.1) is 0 Å². The zero-order valence-electron chi connectivity index (χ0n) is 16.2. The van der Waals surface area contributed by atoms with Gasteiger partial charge in [-0.1, -0.05) is 24.3 Å². The number of fused-ring (bicyclic) bond motifs is 1. The van der Waals surface area contributed by atoms with Crippen LogP contribution in [0.2, 0.25) is 0 Å². The number of rotatable bonds is 6. The number of hydrogen-bond donors (Lipinski definition) is 1. The van der Waals surface area contributed by atoms with E-state index in [2.05, 4.69) is 51.0 Å². The number of pyridine rings is 1. The SMILES string of the molecule is Cc1cc2ccccc2n1CCNC(=O)[C@@H](c1cccnc1)N1CCOCC1. The number of benzene rings is 1. The van der Waals surface area contributed by atoms with Crippen LogP contribution in [0.4, 0.5) is 0 Å². The summed E-state index contributed by atoms with van der Waals surface area (Å²) >= 11 is 0. The standard InChI is InChI=1S/C22H26N4O2/c1-17-15-18-5-2-3-7-20(18)26(17)10-9-24-22(27)21(19-6-4-8-23-16-19)25-11-13-28-14-12-25/h2-8,15-16,21H,9-14H2,1H3,(H,24,27)/t21-/m1/s1. The topological polar surface area (TPSA) is 59.4 Å². The van der Waals surface area contributed by atoms with Crippen molar-refractivity contribution in [3.8, 4) is 0 Å². The first-order valence-electron chi connectivity index (χ1n) is 9.78. The zero-order chi connectivity index (χ0) is 19.3. The average molecular weight is 378 g/mol. The van der Waals surface area contributed by atoms with Crippen LogP contribution in [0.15, 0.2) is 54.9 Å². The Labute approximate surface area is 165 Å². The summed E-state index contributed by atoms with van der Waals surface area (Å²) in [5.41, 5.74) is 3.32. The number of morpholine rings is 1.